The summed E-state index contributed by atoms with van der Waals surface area (Å²) in [6, 6.07) is 4.55. The maximum Gasteiger partial charge on any atom is 0.335 e. The molecule has 0 spiro atoms. The largest absolute Gasteiger partial charge is 0.478 e. The summed E-state index contributed by atoms with van der Waals surface area (Å²) in [5, 5.41) is 8.99. The molecule has 2 bridgehead atoms. The van der Waals surface area contributed by atoms with Gasteiger partial charge >= 0.3 is 11.9 Å². The van der Waals surface area contributed by atoms with Gasteiger partial charge in [0.1, 0.15) is 0 Å². The minimum Gasteiger partial charge on any atom is -0.478 e. The average Bonchev–Trinajstić information content (AvgIpc) is 3.19. The van der Waals surface area contributed by atoms with E-state index in [4.69, 9.17) is 9.84 Å². The summed E-state index contributed by atoms with van der Waals surface area (Å²) < 4.78 is 33.1. The number of carboxylic acid groups (broad SMARTS) is 1. The van der Waals surface area contributed by atoms with Crippen LogP contribution in [0, 0.1) is 5.41 Å². The fraction of sp³-hybridized carbons (Fsp3) is 0.556. The normalized spacial score (nSPS) is 28.2. The molecule has 0 unspecified atom stereocenters. The number of carboxylic acids is 1. The van der Waals surface area contributed by atoms with Gasteiger partial charge in [-0.15, -0.1) is 0 Å². The summed E-state index contributed by atoms with van der Waals surface area (Å²) in [7, 11) is -3.81. The molecular weight excluding hydrogens is 358 g/mol. The van der Waals surface area contributed by atoms with Crippen LogP contribution in [0.4, 0.5) is 0 Å². The first-order valence-electron chi connectivity index (χ1n) is 8.82. The predicted molar refractivity (Wildman–Crippen MR) is 93.2 cm³/mol. The Kier molecular flexibility index (Phi) is 4.83. The minimum absolute atomic E-state index is 0.0303. The van der Waals surface area contributed by atoms with Crippen molar-refractivity contribution in [1.82, 2.24) is 4.31 Å². The van der Waals surface area contributed by atoms with Crippen molar-refractivity contribution in [3.8, 4) is 0 Å². The summed E-state index contributed by atoms with van der Waals surface area (Å²) in [6.45, 7) is 3.90. The fourth-order valence-corrected chi connectivity index (χ4v) is 6.34. The van der Waals surface area contributed by atoms with Crippen molar-refractivity contribution in [2.75, 3.05) is 6.61 Å². The summed E-state index contributed by atoms with van der Waals surface area (Å²) in [6.07, 6.45) is 2.35. The predicted octanol–water partition coefficient (Wildman–Crippen LogP) is 2.27. The molecule has 1 N–H and O–H groups in total. The highest BCUT2D eigenvalue weighted by Gasteiger charge is 2.63. The van der Waals surface area contributed by atoms with Gasteiger partial charge in [-0.25, -0.2) is 13.2 Å². The van der Waals surface area contributed by atoms with Gasteiger partial charge in [-0.2, -0.15) is 4.31 Å². The van der Waals surface area contributed by atoms with Gasteiger partial charge in [0.15, 0.2) is 0 Å². The minimum atomic E-state index is -3.81. The van der Waals surface area contributed by atoms with E-state index in [2.05, 4.69) is 0 Å². The number of benzene rings is 1. The van der Waals surface area contributed by atoms with E-state index >= 15 is 0 Å². The molecule has 0 amide bonds. The third-order valence-corrected chi connectivity index (χ3v) is 7.64. The maximum atomic E-state index is 13.2. The second-order valence-electron chi connectivity index (χ2n) is 6.85. The Bertz CT molecular complexity index is 819. The number of carbonyl (C=O) groups is 2. The van der Waals surface area contributed by atoms with Crippen LogP contribution in [-0.2, 0) is 19.6 Å². The zero-order valence-electron chi connectivity index (χ0n) is 14.8. The standard InChI is InChI=1S/C18H23NO6S/c1-3-18(17(22)25-4-2)11-13-7-10-15(18)19(13)26(23,24)14-8-5-12(6-9-14)16(20)21/h5-6,8-9,13,15H,3-4,7,10-11H2,1-2H3,(H,20,21)/t13-,15+,18+/m0/s1. The number of carbonyl (C=O) groups excluding carboxylic acids is 1. The van der Waals surface area contributed by atoms with E-state index in [0.29, 0.717) is 19.3 Å². The van der Waals surface area contributed by atoms with Crippen molar-refractivity contribution < 1.29 is 27.9 Å². The van der Waals surface area contributed by atoms with Crippen LogP contribution in [0.3, 0.4) is 0 Å². The Hall–Kier alpha value is -1.93. The quantitative estimate of drug-likeness (QED) is 0.759. The molecular formula is C18H23NO6S. The van der Waals surface area contributed by atoms with Crippen molar-refractivity contribution in [2.45, 2.75) is 56.5 Å². The molecule has 3 atom stereocenters. The zero-order valence-corrected chi connectivity index (χ0v) is 15.7. The van der Waals surface area contributed by atoms with Gasteiger partial charge in [0.2, 0.25) is 10.0 Å². The molecule has 2 heterocycles. The van der Waals surface area contributed by atoms with E-state index in [0.717, 1.165) is 6.42 Å². The molecule has 142 valence electrons. The van der Waals surface area contributed by atoms with Crippen LogP contribution in [0.2, 0.25) is 0 Å². The first-order valence-corrected chi connectivity index (χ1v) is 10.3. The molecule has 2 aliphatic heterocycles. The van der Waals surface area contributed by atoms with Crippen molar-refractivity contribution >= 4 is 22.0 Å². The van der Waals surface area contributed by atoms with E-state index in [9.17, 15) is 18.0 Å². The molecule has 0 radical (unpaired) electrons. The Morgan fingerprint density at radius 3 is 2.42 bits per heavy atom. The van der Waals surface area contributed by atoms with E-state index in [1.54, 1.807) is 6.92 Å². The summed E-state index contributed by atoms with van der Waals surface area (Å²) >= 11 is 0. The molecule has 3 rings (SSSR count). The Morgan fingerprint density at radius 2 is 1.88 bits per heavy atom. The molecule has 7 nitrogen and oxygen atoms in total. The molecule has 0 saturated carbocycles. The van der Waals surface area contributed by atoms with E-state index in [-0.39, 0.29) is 29.1 Å². The molecule has 0 aromatic heterocycles. The first-order chi connectivity index (χ1) is 12.3. The first kappa shape index (κ1) is 18.8. The van der Waals surface area contributed by atoms with Crippen LogP contribution in [0.1, 0.15) is 49.9 Å². The summed E-state index contributed by atoms with van der Waals surface area (Å²) in [5.74, 6) is -1.43. The van der Waals surface area contributed by atoms with E-state index in [1.165, 1.54) is 28.6 Å². The second kappa shape index (κ2) is 6.66. The van der Waals surface area contributed by atoms with Crippen molar-refractivity contribution in [1.29, 1.82) is 0 Å². The molecule has 2 aliphatic rings. The molecule has 1 aromatic carbocycles. The van der Waals surface area contributed by atoms with Crippen molar-refractivity contribution in [2.24, 2.45) is 5.41 Å². The Labute approximate surface area is 153 Å². The van der Waals surface area contributed by atoms with Gasteiger partial charge in [-0.3, -0.25) is 4.79 Å². The molecule has 2 saturated heterocycles. The number of esters is 1. The van der Waals surface area contributed by atoms with Gasteiger partial charge < -0.3 is 9.84 Å². The number of hydrogen-bond acceptors (Lipinski definition) is 5. The average molecular weight is 381 g/mol. The molecule has 0 aliphatic carbocycles. The molecule has 2 fully saturated rings. The van der Waals surface area contributed by atoms with Crippen LogP contribution in [0.15, 0.2) is 29.2 Å². The van der Waals surface area contributed by atoms with Crippen LogP contribution >= 0.6 is 0 Å². The SMILES string of the molecule is CCOC(=O)[C@]1(CC)C[C@@H]2CC[C@H]1N2S(=O)(=O)c1ccc(C(=O)O)cc1. The van der Waals surface area contributed by atoms with Crippen LogP contribution in [0.25, 0.3) is 0 Å². The van der Waals surface area contributed by atoms with E-state index in [1.807, 2.05) is 6.92 Å². The number of rotatable bonds is 6. The van der Waals surface area contributed by atoms with E-state index < -0.39 is 27.4 Å². The topological polar surface area (TPSA) is 101 Å². The lowest BCUT2D eigenvalue weighted by molar-refractivity contribution is -0.157. The van der Waals surface area contributed by atoms with Crippen LogP contribution in [-0.4, -0.2) is 48.5 Å². The fourth-order valence-electron chi connectivity index (χ4n) is 4.40. The third-order valence-electron chi connectivity index (χ3n) is 5.67. The van der Waals surface area contributed by atoms with Crippen LogP contribution < -0.4 is 0 Å². The number of ether oxygens (including phenoxy) is 1. The highest BCUT2D eigenvalue weighted by Crippen LogP contribution is 2.54. The number of sulfonamides is 1. The van der Waals surface area contributed by atoms with Crippen molar-refractivity contribution in [3.05, 3.63) is 29.8 Å². The number of fused-ring (bicyclic) bond motifs is 2. The number of hydrogen-bond donors (Lipinski definition) is 1. The Morgan fingerprint density at radius 1 is 1.23 bits per heavy atom. The highest BCUT2D eigenvalue weighted by molar-refractivity contribution is 7.89. The molecule has 8 heteroatoms. The van der Waals surface area contributed by atoms with Gasteiger partial charge in [0.05, 0.1) is 22.5 Å². The molecule has 1 aromatic rings. The van der Waals surface area contributed by atoms with Gasteiger partial charge in [-0.05, 0) is 56.9 Å². The molecule has 26 heavy (non-hydrogen) atoms. The lowest BCUT2D eigenvalue weighted by atomic mass is 9.72. The van der Waals surface area contributed by atoms with Gasteiger partial charge in [-0.1, -0.05) is 6.92 Å². The smallest absolute Gasteiger partial charge is 0.335 e. The summed E-state index contributed by atoms with van der Waals surface area (Å²) in [5.41, 5.74) is -0.768. The Balaban J connectivity index is 1.96. The van der Waals surface area contributed by atoms with Gasteiger partial charge in [0, 0.05) is 12.1 Å². The number of nitrogens with zero attached hydrogens (tertiary/aromatic N) is 1. The second-order valence-corrected chi connectivity index (χ2v) is 8.69. The zero-order chi connectivity index (χ0) is 19.1. The highest BCUT2D eigenvalue weighted by atomic mass is 32.2. The lowest BCUT2D eigenvalue weighted by Crippen LogP contribution is -2.45. The van der Waals surface area contributed by atoms with Crippen LogP contribution in [0.5, 0.6) is 0 Å². The van der Waals surface area contributed by atoms with Gasteiger partial charge in [0.25, 0.3) is 0 Å². The number of aromatic carboxylic acids is 1. The monoisotopic (exact) mass is 381 g/mol. The van der Waals surface area contributed by atoms with Crippen molar-refractivity contribution in [3.63, 3.8) is 0 Å². The summed E-state index contributed by atoms with van der Waals surface area (Å²) in [4.78, 5) is 23.6. The maximum absolute atomic E-state index is 13.2. The third kappa shape index (κ3) is 2.72. The lowest BCUT2D eigenvalue weighted by Gasteiger charge is -2.34.